The van der Waals surface area contributed by atoms with Crippen molar-refractivity contribution in [2.24, 2.45) is 0 Å². The molecule has 1 aromatic carbocycles. The number of thiophene rings is 1. The second-order valence-corrected chi connectivity index (χ2v) is 9.74. The molecule has 3 heterocycles. The Kier molecular flexibility index (Phi) is 7.31. The molecule has 6 atom stereocenters. The summed E-state index contributed by atoms with van der Waals surface area (Å²) < 4.78 is 10.8. The molecule has 2 aromatic rings. The lowest BCUT2D eigenvalue weighted by Gasteiger charge is -2.44. The number of ether oxygens (including phenoxy) is 2. The maximum Gasteiger partial charge on any atom is 0.364 e. The molecule has 1 saturated heterocycles. The van der Waals surface area contributed by atoms with Crippen molar-refractivity contribution >= 4 is 29.1 Å². The summed E-state index contributed by atoms with van der Waals surface area (Å²) in [7, 11) is 0. The Bertz CT molecular complexity index is 1170. The van der Waals surface area contributed by atoms with Gasteiger partial charge in [0.05, 0.1) is 23.1 Å². The van der Waals surface area contributed by atoms with Crippen LogP contribution in [0.25, 0.3) is 10.4 Å². The summed E-state index contributed by atoms with van der Waals surface area (Å²) >= 11 is 1.24. The van der Waals surface area contributed by atoms with Gasteiger partial charge in [0.2, 0.25) is 5.91 Å². The molecule has 4 rings (SSSR count). The molecule has 0 bridgehead atoms. The molecular weight excluding hydrogens is 496 g/mol. The van der Waals surface area contributed by atoms with Gasteiger partial charge in [-0.3, -0.25) is 9.59 Å². The Morgan fingerprint density at radius 1 is 1.25 bits per heavy atom. The van der Waals surface area contributed by atoms with Gasteiger partial charge in [-0.2, -0.15) is 0 Å². The predicted octanol–water partition coefficient (Wildman–Crippen LogP) is -0.813. The number of hydrogen-bond donors (Lipinski definition) is 7. The molecule has 0 radical (unpaired) electrons. The van der Waals surface area contributed by atoms with Gasteiger partial charge in [0, 0.05) is 35.9 Å². The van der Waals surface area contributed by atoms with Crippen molar-refractivity contribution in [1.29, 1.82) is 0 Å². The Hall–Kier alpha value is -3.07. The van der Waals surface area contributed by atoms with Crippen molar-refractivity contribution in [2.45, 2.75) is 56.2 Å². The summed E-state index contributed by atoms with van der Waals surface area (Å²) in [5, 5.41) is 55.9. The van der Waals surface area contributed by atoms with Crippen LogP contribution in [0.3, 0.4) is 0 Å². The number of hydrogen-bond acceptors (Lipinski definition) is 10. The molecule has 4 unspecified atom stereocenters. The average Bonchev–Trinajstić information content (AvgIpc) is 3.28. The normalized spacial score (nSPS) is 26.5. The van der Waals surface area contributed by atoms with Gasteiger partial charge >= 0.3 is 5.97 Å². The lowest BCUT2D eigenvalue weighted by Crippen LogP contribution is -2.67. The third-order valence-electron chi connectivity index (χ3n) is 6.04. The molecule has 13 heteroatoms. The topological polar surface area (TPSA) is 195 Å². The number of carboxylic acid groups (broad SMARTS) is 1. The molecule has 0 spiro atoms. The van der Waals surface area contributed by atoms with Crippen LogP contribution in [0.1, 0.15) is 28.6 Å². The van der Waals surface area contributed by atoms with E-state index in [4.69, 9.17) is 9.47 Å². The van der Waals surface area contributed by atoms with Crippen molar-refractivity contribution in [3.8, 4) is 16.2 Å². The van der Waals surface area contributed by atoms with E-state index in [1.807, 2.05) is 24.3 Å². The fourth-order valence-corrected chi connectivity index (χ4v) is 5.36. The quantitative estimate of drug-likeness (QED) is 0.242. The maximum absolute atomic E-state index is 12.8. The molecule has 0 saturated carbocycles. The highest BCUT2D eigenvalue weighted by atomic mass is 32.1. The van der Waals surface area contributed by atoms with Gasteiger partial charge in [-0.15, -0.1) is 11.3 Å². The van der Waals surface area contributed by atoms with Crippen molar-refractivity contribution in [2.75, 3.05) is 6.54 Å². The smallest absolute Gasteiger partial charge is 0.364 e. The minimum absolute atomic E-state index is 0.301. The number of aliphatic hydroxyl groups excluding tert-OH is 3. The first-order chi connectivity index (χ1) is 17.0. The average molecular weight is 523 g/mol. The van der Waals surface area contributed by atoms with E-state index in [0.717, 1.165) is 22.9 Å². The van der Waals surface area contributed by atoms with Crippen molar-refractivity contribution in [3.05, 3.63) is 40.8 Å². The number of aliphatic carboxylic acids is 1. The fourth-order valence-electron chi connectivity index (χ4n) is 4.24. The van der Waals surface area contributed by atoms with E-state index in [1.165, 1.54) is 11.3 Å². The molecule has 1 fully saturated rings. The highest BCUT2D eigenvalue weighted by molar-refractivity contribution is 7.17. The van der Waals surface area contributed by atoms with E-state index in [1.54, 1.807) is 6.07 Å². The first-order valence-corrected chi connectivity index (χ1v) is 11.9. The largest absolute Gasteiger partial charge is 0.488 e. The molecule has 36 heavy (non-hydrogen) atoms. The SMILES string of the molecule is CC(=O)NC1C(C(O)C(O)CNC(=O)c2cc3c(s2)-c2ccccc2OC3)O[C@@](O)(C(=O)O)C[C@H]1O. The Balaban J connectivity index is 1.45. The van der Waals surface area contributed by atoms with Crippen molar-refractivity contribution < 1.29 is 49.4 Å². The van der Waals surface area contributed by atoms with E-state index >= 15 is 0 Å². The van der Waals surface area contributed by atoms with Gasteiger partial charge in [-0.25, -0.2) is 4.79 Å². The Morgan fingerprint density at radius 3 is 2.67 bits per heavy atom. The number of fused-ring (bicyclic) bond motifs is 3. The lowest BCUT2D eigenvalue weighted by atomic mass is 9.88. The number of benzene rings is 1. The Labute approximate surface area is 209 Å². The van der Waals surface area contributed by atoms with E-state index in [9.17, 15) is 39.9 Å². The minimum Gasteiger partial charge on any atom is -0.488 e. The van der Waals surface area contributed by atoms with Crippen LogP contribution in [0.4, 0.5) is 0 Å². The van der Waals surface area contributed by atoms with E-state index in [-0.39, 0.29) is 0 Å². The molecule has 7 N–H and O–H groups in total. The van der Waals surface area contributed by atoms with Crippen LogP contribution < -0.4 is 15.4 Å². The van der Waals surface area contributed by atoms with Crippen LogP contribution in [-0.4, -0.2) is 86.1 Å². The van der Waals surface area contributed by atoms with Gasteiger partial charge < -0.3 is 45.6 Å². The highest BCUT2D eigenvalue weighted by Crippen LogP contribution is 2.42. The number of aliphatic hydroxyl groups is 4. The van der Waals surface area contributed by atoms with Crippen LogP contribution >= 0.6 is 11.3 Å². The van der Waals surface area contributed by atoms with E-state index < -0.39 is 67.0 Å². The van der Waals surface area contributed by atoms with Crippen LogP contribution in [-0.2, 0) is 20.9 Å². The van der Waals surface area contributed by atoms with Crippen LogP contribution in [0, 0.1) is 0 Å². The number of carboxylic acids is 1. The molecular formula is C23H26N2O10S. The number of para-hydroxylation sites is 1. The maximum atomic E-state index is 12.8. The van der Waals surface area contributed by atoms with Crippen LogP contribution in [0.5, 0.6) is 5.75 Å². The molecule has 12 nitrogen and oxygen atoms in total. The number of rotatable bonds is 7. The summed E-state index contributed by atoms with van der Waals surface area (Å²) in [5.74, 6) is -5.09. The standard InChI is InChI=1S/C23H26N2O10S/c1-10(26)25-17-13(27)7-23(33,22(31)32)35-19(17)18(29)14(28)8-24-21(30)16-6-11-9-34-15-5-3-2-4-12(15)20(11)36-16/h2-6,13-14,17-19,27-29,33H,7-9H2,1H3,(H,24,30)(H,25,26)(H,31,32)/t13-,14?,17?,18?,19?,23-/m1/s1. The Morgan fingerprint density at radius 2 is 1.97 bits per heavy atom. The molecule has 2 aliphatic heterocycles. The highest BCUT2D eigenvalue weighted by Gasteiger charge is 2.53. The summed E-state index contributed by atoms with van der Waals surface area (Å²) in [6.07, 6.45) is -7.67. The third-order valence-corrected chi connectivity index (χ3v) is 7.25. The first kappa shape index (κ1) is 26.0. The third kappa shape index (κ3) is 5.07. The first-order valence-electron chi connectivity index (χ1n) is 11.1. The van der Waals surface area contributed by atoms with Gasteiger partial charge in [-0.05, 0) is 18.2 Å². The van der Waals surface area contributed by atoms with Crippen molar-refractivity contribution in [1.82, 2.24) is 10.6 Å². The van der Waals surface area contributed by atoms with Gasteiger partial charge in [-0.1, -0.05) is 12.1 Å². The molecule has 194 valence electrons. The van der Waals surface area contributed by atoms with Crippen molar-refractivity contribution in [3.63, 3.8) is 0 Å². The van der Waals surface area contributed by atoms with E-state index in [0.29, 0.717) is 17.2 Å². The minimum atomic E-state index is -2.85. The van der Waals surface area contributed by atoms with Crippen LogP contribution in [0.2, 0.25) is 0 Å². The zero-order valence-corrected chi connectivity index (χ0v) is 19.9. The number of carbonyl (C=O) groups is 3. The number of amides is 2. The zero-order chi connectivity index (χ0) is 26.2. The summed E-state index contributed by atoms with van der Waals surface area (Å²) in [6, 6.07) is 7.77. The van der Waals surface area contributed by atoms with Crippen LogP contribution in [0.15, 0.2) is 30.3 Å². The van der Waals surface area contributed by atoms with Gasteiger partial charge in [0.25, 0.3) is 11.7 Å². The second-order valence-electron chi connectivity index (χ2n) is 8.69. The summed E-state index contributed by atoms with van der Waals surface area (Å²) in [6.45, 7) is 0.967. The second kappa shape index (κ2) is 10.1. The lowest BCUT2D eigenvalue weighted by molar-refractivity contribution is -0.294. The molecule has 2 amide bonds. The summed E-state index contributed by atoms with van der Waals surface area (Å²) in [5.41, 5.74) is 1.70. The zero-order valence-electron chi connectivity index (χ0n) is 19.1. The predicted molar refractivity (Wildman–Crippen MR) is 124 cm³/mol. The number of nitrogens with one attached hydrogen (secondary N) is 2. The monoisotopic (exact) mass is 522 g/mol. The molecule has 2 aliphatic rings. The fraction of sp³-hybridized carbons (Fsp3) is 0.435. The summed E-state index contributed by atoms with van der Waals surface area (Å²) in [4.78, 5) is 37.0. The molecule has 0 aliphatic carbocycles. The van der Waals surface area contributed by atoms with Gasteiger partial charge in [0.1, 0.15) is 24.6 Å². The molecule has 1 aromatic heterocycles. The van der Waals surface area contributed by atoms with Gasteiger partial charge in [0.15, 0.2) is 0 Å². The number of carbonyl (C=O) groups excluding carboxylic acids is 2. The van der Waals surface area contributed by atoms with E-state index in [2.05, 4.69) is 10.6 Å².